The molecule has 0 spiro atoms. The summed E-state index contributed by atoms with van der Waals surface area (Å²) in [6, 6.07) is 6.12. The molecule has 5 heteroatoms. The van der Waals surface area contributed by atoms with Gasteiger partial charge in [0.15, 0.2) is 9.84 Å². The molecule has 0 heterocycles. The summed E-state index contributed by atoms with van der Waals surface area (Å²) >= 11 is 3.45. The van der Waals surface area contributed by atoms with Crippen LogP contribution in [0.1, 0.15) is 18.1 Å². The molecule has 96 valence electrons. The molecule has 0 aliphatic rings. The average molecular weight is 320 g/mol. The topological polar surface area (TPSA) is 46.2 Å². The van der Waals surface area contributed by atoms with Gasteiger partial charge in [0.25, 0.3) is 0 Å². The molecular weight excluding hydrogens is 302 g/mol. The smallest absolute Gasteiger partial charge is 0.151 e. The number of halogens is 1. The molecule has 0 aliphatic carbocycles. The quantitative estimate of drug-likeness (QED) is 0.818. The summed E-state index contributed by atoms with van der Waals surface area (Å²) in [6.07, 6.45) is 0. The average Bonchev–Trinajstić information content (AvgIpc) is 2.29. The lowest BCUT2D eigenvalue weighted by Crippen LogP contribution is -2.23. The van der Waals surface area contributed by atoms with Crippen LogP contribution in [0.15, 0.2) is 22.7 Å². The first-order chi connectivity index (χ1) is 7.94. The van der Waals surface area contributed by atoms with Crippen molar-refractivity contribution >= 4 is 25.8 Å². The van der Waals surface area contributed by atoms with E-state index in [-0.39, 0.29) is 11.5 Å². The third-order valence-electron chi connectivity index (χ3n) is 2.58. The van der Waals surface area contributed by atoms with Crippen molar-refractivity contribution < 1.29 is 8.42 Å². The molecule has 0 aromatic heterocycles. The van der Waals surface area contributed by atoms with Gasteiger partial charge >= 0.3 is 0 Å². The molecule has 17 heavy (non-hydrogen) atoms. The maximum absolute atomic E-state index is 11.3. The minimum Gasteiger partial charge on any atom is -0.312 e. The lowest BCUT2D eigenvalue weighted by Gasteiger charge is -2.06. The van der Waals surface area contributed by atoms with Crippen molar-refractivity contribution in [1.29, 1.82) is 0 Å². The van der Waals surface area contributed by atoms with Gasteiger partial charge in [-0.1, -0.05) is 35.0 Å². The zero-order valence-corrected chi connectivity index (χ0v) is 12.6. The summed E-state index contributed by atoms with van der Waals surface area (Å²) in [6.45, 7) is 4.92. The van der Waals surface area contributed by atoms with E-state index >= 15 is 0 Å². The Morgan fingerprint density at radius 2 is 2.06 bits per heavy atom. The zero-order chi connectivity index (χ0) is 12.9. The molecule has 0 saturated heterocycles. The standard InChI is InChI=1S/C12H18BrNO2S/c1-3-17(15,16)7-6-14-9-11-4-5-12(13)10(2)8-11/h4-5,8,14H,3,6-7,9H2,1-2H3. The van der Waals surface area contributed by atoms with Crippen LogP contribution in [0.5, 0.6) is 0 Å². The predicted molar refractivity (Wildman–Crippen MR) is 74.9 cm³/mol. The number of sulfone groups is 1. The summed E-state index contributed by atoms with van der Waals surface area (Å²) < 4.78 is 23.6. The van der Waals surface area contributed by atoms with Crippen molar-refractivity contribution in [3.63, 3.8) is 0 Å². The van der Waals surface area contributed by atoms with E-state index in [4.69, 9.17) is 0 Å². The van der Waals surface area contributed by atoms with Crippen LogP contribution in [0.3, 0.4) is 0 Å². The van der Waals surface area contributed by atoms with Crippen molar-refractivity contribution in [2.24, 2.45) is 0 Å². The van der Waals surface area contributed by atoms with Crippen LogP contribution in [0.2, 0.25) is 0 Å². The molecule has 1 aromatic rings. The Hall–Kier alpha value is -0.390. The van der Waals surface area contributed by atoms with Gasteiger partial charge in [0.05, 0.1) is 5.75 Å². The number of benzene rings is 1. The Kier molecular flexibility index (Phi) is 5.62. The molecule has 0 saturated carbocycles. The Morgan fingerprint density at radius 3 is 2.65 bits per heavy atom. The van der Waals surface area contributed by atoms with Gasteiger partial charge < -0.3 is 5.32 Å². The van der Waals surface area contributed by atoms with E-state index in [0.29, 0.717) is 13.1 Å². The summed E-state index contributed by atoms with van der Waals surface area (Å²) in [4.78, 5) is 0. The van der Waals surface area contributed by atoms with Crippen molar-refractivity contribution in [3.05, 3.63) is 33.8 Å². The predicted octanol–water partition coefficient (Wildman–Crippen LogP) is 2.28. The van der Waals surface area contributed by atoms with Crippen molar-refractivity contribution in [2.75, 3.05) is 18.1 Å². The molecule has 0 aliphatic heterocycles. The number of rotatable bonds is 6. The van der Waals surface area contributed by atoms with Crippen LogP contribution < -0.4 is 5.32 Å². The van der Waals surface area contributed by atoms with Gasteiger partial charge in [-0.05, 0) is 24.1 Å². The SMILES string of the molecule is CCS(=O)(=O)CCNCc1ccc(Br)c(C)c1. The summed E-state index contributed by atoms with van der Waals surface area (Å²) in [7, 11) is -2.86. The Morgan fingerprint density at radius 1 is 1.35 bits per heavy atom. The molecule has 0 fully saturated rings. The second-order valence-corrected chi connectivity index (χ2v) is 7.32. The number of hydrogen-bond donors (Lipinski definition) is 1. The highest BCUT2D eigenvalue weighted by atomic mass is 79.9. The molecule has 0 unspecified atom stereocenters. The maximum Gasteiger partial charge on any atom is 0.151 e. The van der Waals surface area contributed by atoms with Crippen molar-refractivity contribution in [2.45, 2.75) is 20.4 Å². The normalized spacial score (nSPS) is 11.7. The lowest BCUT2D eigenvalue weighted by atomic mass is 10.1. The van der Waals surface area contributed by atoms with Gasteiger partial charge in [0.1, 0.15) is 0 Å². The molecular formula is C12H18BrNO2S. The van der Waals surface area contributed by atoms with Crippen LogP contribution in [0.4, 0.5) is 0 Å². The van der Waals surface area contributed by atoms with Gasteiger partial charge in [-0.15, -0.1) is 0 Å². The lowest BCUT2D eigenvalue weighted by molar-refractivity contribution is 0.592. The number of nitrogens with one attached hydrogen (secondary N) is 1. The first-order valence-corrected chi connectivity index (χ1v) is 8.22. The molecule has 1 N–H and O–H groups in total. The molecule has 0 bridgehead atoms. The van der Waals surface area contributed by atoms with E-state index in [9.17, 15) is 8.42 Å². The van der Waals surface area contributed by atoms with Crippen LogP contribution in [-0.4, -0.2) is 26.5 Å². The second-order valence-electron chi connectivity index (χ2n) is 4.00. The second kappa shape index (κ2) is 6.52. The van der Waals surface area contributed by atoms with Crippen LogP contribution >= 0.6 is 15.9 Å². The Balaban J connectivity index is 2.39. The number of aryl methyl sites for hydroxylation is 1. The maximum atomic E-state index is 11.3. The van der Waals surface area contributed by atoms with E-state index in [1.165, 1.54) is 11.1 Å². The van der Waals surface area contributed by atoms with Gasteiger partial charge in [0, 0.05) is 23.3 Å². The Labute approximate surface area is 112 Å². The van der Waals surface area contributed by atoms with Gasteiger partial charge in [0.2, 0.25) is 0 Å². The molecule has 1 aromatic carbocycles. The fraction of sp³-hybridized carbons (Fsp3) is 0.500. The minimum atomic E-state index is -2.86. The van der Waals surface area contributed by atoms with Gasteiger partial charge in [-0.25, -0.2) is 8.42 Å². The Bertz CT molecular complexity index is 471. The fourth-order valence-electron chi connectivity index (χ4n) is 1.42. The highest BCUT2D eigenvalue weighted by Gasteiger charge is 2.06. The first kappa shape index (κ1) is 14.7. The van der Waals surface area contributed by atoms with E-state index in [2.05, 4.69) is 27.3 Å². The van der Waals surface area contributed by atoms with E-state index in [1.54, 1.807) is 6.92 Å². The van der Waals surface area contributed by atoms with Crippen molar-refractivity contribution in [1.82, 2.24) is 5.32 Å². The monoisotopic (exact) mass is 319 g/mol. The highest BCUT2D eigenvalue weighted by Crippen LogP contribution is 2.16. The van der Waals surface area contributed by atoms with E-state index < -0.39 is 9.84 Å². The molecule has 0 amide bonds. The third kappa shape index (κ3) is 5.19. The van der Waals surface area contributed by atoms with Crippen LogP contribution in [-0.2, 0) is 16.4 Å². The zero-order valence-electron chi connectivity index (χ0n) is 10.2. The molecule has 3 nitrogen and oxygen atoms in total. The molecule has 0 radical (unpaired) electrons. The summed E-state index contributed by atoms with van der Waals surface area (Å²) in [5.41, 5.74) is 2.35. The first-order valence-electron chi connectivity index (χ1n) is 5.61. The fourth-order valence-corrected chi connectivity index (χ4v) is 2.41. The largest absolute Gasteiger partial charge is 0.312 e. The summed E-state index contributed by atoms with van der Waals surface area (Å²) in [5, 5.41) is 3.14. The van der Waals surface area contributed by atoms with Gasteiger partial charge in [-0.2, -0.15) is 0 Å². The molecule has 0 atom stereocenters. The highest BCUT2D eigenvalue weighted by molar-refractivity contribution is 9.10. The summed E-state index contributed by atoms with van der Waals surface area (Å²) in [5.74, 6) is 0.422. The van der Waals surface area contributed by atoms with E-state index in [1.807, 2.05) is 19.1 Å². The number of hydrogen-bond acceptors (Lipinski definition) is 3. The van der Waals surface area contributed by atoms with E-state index in [0.717, 1.165) is 4.47 Å². The van der Waals surface area contributed by atoms with Crippen molar-refractivity contribution in [3.8, 4) is 0 Å². The van der Waals surface area contributed by atoms with Crippen LogP contribution in [0.25, 0.3) is 0 Å². The third-order valence-corrected chi connectivity index (χ3v) is 5.18. The minimum absolute atomic E-state index is 0.207. The van der Waals surface area contributed by atoms with Crippen LogP contribution in [0, 0.1) is 6.92 Å². The molecule has 1 rings (SSSR count). The van der Waals surface area contributed by atoms with Gasteiger partial charge in [-0.3, -0.25) is 0 Å².